The first-order chi connectivity index (χ1) is 7.47. The zero-order valence-electron chi connectivity index (χ0n) is 9.53. The summed E-state index contributed by atoms with van der Waals surface area (Å²) in [6, 6.07) is 5.95. The van der Waals surface area contributed by atoms with Crippen molar-refractivity contribution in [3.05, 3.63) is 34.9 Å². The lowest BCUT2D eigenvalue weighted by molar-refractivity contribution is -0.148. The van der Waals surface area contributed by atoms with E-state index in [4.69, 9.17) is 5.11 Å². The van der Waals surface area contributed by atoms with E-state index in [-0.39, 0.29) is 0 Å². The molecule has 1 aliphatic carbocycles. The SMILES string of the molecule is Cc1ccc(C2(C(O)C(=O)O)CC2)c(C)c1. The maximum Gasteiger partial charge on any atom is 0.333 e. The molecular formula is C13H16O3. The summed E-state index contributed by atoms with van der Waals surface area (Å²) in [6.07, 6.45) is 0.225. The highest BCUT2D eigenvalue weighted by atomic mass is 16.4. The van der Waals surface area contributed by atoms with Crippen molar-refractivity contribution < 1.29 is 15.0 Å². The van der Waals surface area contributed by atoms with Gasteiger partial charge in [-0.1, -0.05) is 23.8 Å². The Kier molecular flexibility index (Phi) is 2.50. The first kappa shape index (κ1) is 11.1. The summed E-state index contributed by atoms with van der Waals surface area (Å²) in [7, 11) is 0. The van der Waals surface area contributed by atoms with Gasteiger partial charge in [-0.05, 0) is 37.8 Å². The van der Waals surface area contributed by atoms with Crippen LogP contribution in [0.15, 0.2) is 18.2 Å². The van der Waals surface area contributed by atoms with Crippen molar-refractivity contribution in [1.82, 2.24) is 0 Å². The highest BCUT2D eigenvalue weighted by Crippen LogP contribution is 2.52. The van der Waals surface area contributed by atoms with Crippen LogP contribution in [0.2, 0.25) is 0 Å². The standard InChI is InChI=1S/C13H16O3/c1-8-3-4-10(9(2)7-8)13(5-6-13)11(14)12(15)16/h3-4,7,11,14H,5-6H2,1-2H3,(H,15,16). The number of carbonyl (C=O) groups is 1. The highest BCUT2D eigenvalue weighted by Gasteiger charge is 2.54. The van der Waals surface area contributed by atoms with Crippen molar-refractivity contribution in [3.63, 3.8) is 0 Å². The second-order valence-electron chi connectivity index (χ2n) is 4.72. The van der Waals surface area contributed by atoms with Crippen molar-refractivity contribution in [2.75, 3.05) is 0 Å². The van der Waals surface area contributed by atoms with Gasteiger partial charge in [0, 0.05) is 5.41 Å². The van der Waals surface area contributed by atoms with Crippen LogP contribution in [0.4, 0.5) is 0 Å². The van der Waals surface area contributed by atoms with E-state index in [9.17, 15) is 9.90 Å². The van der Waals surface area contributed by atoms with Gasteiger partial charge in [-0.2, -0.15) is 0 Å². The molecule has 0 aromatic heterocycles. The van der Waals surface area contributed by atoms with Crippen LogP contribution in [0.1, 0.15) is 29.5 Å². The topological polar surface area (TPSA) is 57.5 Å². The molecule has 2 rings (SSSR count). The van der Waals surface area contributed by atoms with Crippen molar-refractivity contribution in [3.8, 4) is 0 Å². The number of carboxylic acids is 1. The zero-order valence-corrected chi connectivity index (χ0v) is 9.53. The monoisotopic (exact) mass is 220 g/mol. The summed E-state index contributed by atoms with van der Waals surface area (Å²) in [4.78, 5) is 10.9. The van der Waals surface area contributed by atoms with Crippen LogP contribution in [-0.2, 0) is 10.2 Å². The predicted molar refractivity (Wildman–Crippen MR) is 60.5 cm³/mol. The highest BCUT2D eigenvalue weighted by molar-refractivity contribution is 5.76. The fourth-order valence-corrected chi connectivity index (χ4v) is 2.43. The minimum Gasteiger partial charge on any atom is -0.479 e. The average Bonchev–Trinajstić information content (AvgIpc) is 2.97. The number of aryl methyl sites for hydroxylation is 2. The van der Waals surface area contributed by atoms with Gasteiger partial charge >= 0.3 is 5.97 Å². The molecule has 1 aromatic carbocycles. The molecule has 1 atom stereocenters. The van der Waals surface area contributed by atoms with Crippen LogP contribution in [0.5, 0.6) is 0 Å². The minimum absolute atomic E-state index is 0.538. The maximum absolute atomic E-state index is 10.9. The molecule has 2 N–H and O–H groups in total. The summed E-state index contributed by atoms with van der Waals surface area (Å²) in [5.74, 6) is -1.13. The van der Waals surface area contributed by atoms with Gasteiger partial charge in [0.1, 0.15) is 0 Å². The molecule has 0 radical (unpaired) electrons. The van der Waals surface area contributed by atoms with E-state index in [1.165, 1.54) is 0 Å². The summed E-state index contributed by atoms with van der Waals surface area (Å²) >= 11 is 0. The summed E-state index contributed by atoms with van der Waals surface area (Å²) in [6.45, 7) is 3.97. The number of aliphatic carboxylic acids is 1. The van der Waals surface area contributed by atoms with Gasteiger partial charge in [0.2, 0.25) is 0 Å². The summed E-state index contributed by atoms with van der Waals surface area (Å²) < 4.78 is 0. The molecular weight excluding hydrogens is 204 g/mol. The molecule has 86 valence electrons. The molecule has 16 heavy (non-hydrogen) atoms. The number of hydrogen-bond donors (Lipinski definition) is 2. The maximum atomic E-state index is 10.9. The van der Waals surface area contributed by atoms with Crippen molar-refractivity contribution >= 4 is 5.97 Å². The lowest BCUT2D eigenvalue weighted by atomic mass is 9.86. The third kappa shape index (κ3) is 1.61. The number of aliphatic hydroxyl groups is 1. The number of benzene rings is 1. The van der Waals surface area contributed by atoms with Gasteiger partial charge in [0.15, 0.2) is 6.10 Å². The van der Waals surface area contributed by atoms with Crippen LogP contribution >= 0.6 is 0 Å². The smallest absolute Gasteiger partial charge is 0.333 e. The molecule has 3 heteroatoms. The quantitative estimate of drug-likeness (QED) is 0.816. The Bertz CT molecular complexity index is 433. The molecule has 0 amide bonds. The van der Waals surface area contributed by atoms with Crippen LogP contribution in [0.25, 0.3) is 0 Å². The molecule has 1 saturated carbocycles. The van der Waals surface area contributed by atoms with E-state index < -0.39 is 17.5 Å². The molecule has 1 aliphatic rings. The van der Waals surface area contributed by atoms with Gasteiger partial charge in [-0.3, -0.25) is 0 Å². The van der Waals surface area contributed by atoms with E-state index in [0.29, 0.717) is 0 Å². The Morgan fingerprint density at radius 1 is 1.38 bits per heavy atom. The number of aliphatic hydroxyl groups excluding tert-OH is 1. The second-order valence-corrected chi connectivity index (χ2v) is 4.72. The van der Waals surface area contributed by atoms with Crippen molar-refractivity contribution in [1.29, 1.82) is 0 Å². The molecule has 0 spiro atoms. The molecule has 0 aliphatic heterocycles. The van der Waals surface area contributed by atoms with Gasteiger partial charge in [-0.25, -0.2) is 4.79 Å². The van der Waals surface area contributed by atoms with Gasteiger partial charge in [0.25, 0.3) is 0 Å². The van der Waals surface area contributed by atoms with Crippen LogP contribution in [0.3, 0.4) is 0 Å². The normalized spacial score (nSPS) is 19.2. The summed E-state index contributed by atoms with van der Waals surface area (Å²) in [5, 5.41) is 18.7. The van der Waals surface area contributed by atoms with E-state index in [1.54, 1.807) is 0 Å². The van der Waals surface area contributed by atoms with E-state index in [0.717, 1.165) is 29.5 Å². The molecule has 3 nitrogen and oxygen atoms in total. The Morgan fingerprint density at radius 2 is 2.00 bits per heavy atom. The van der Waals surface area contributed by atoms with E-state index >= 15 is 0 Å². The summed E-state index contributed by atoms with van der Waals surface area (Å²) in [5.41, 5.74) is 2.66. The Morgan fingerprint density at radius 3 is 2.44 bits per heavy atom. The third-order valence-electron chi connectivity index (χ3n) is 3.46. The molecule has 1 aromatic rings. The van der Waals surface area contributed by atoms with Crippen molar-refractivity contribution in [2.45, 2.75) is 38.2 Å². The van der Waals surface area contributed by atoms with Crippen LogP contribution in [0, 0.1) is 13.8 Å². The fraction of sp³-hybridized carbons (Fsp3) is 0.462. The Balaban J connectivity index is 2.40. The van der Waals surface area contributed by atoms with E-state index in [2.05, 4.69) is 0 Å². The third-order valence-corrected chi connectivity index (χ3v) is 3.46. The fourth-order valence-electron chi connectivity index (χ4n) is 2.43. The molecule has 1 unspecified atom stereocenters. The lowest BCUT2D eigenvalue weighted by Crippen LogP contribution is -2.34. The average molecular weight is 220 g/mol. The largest absolute Gasteiger partial charge is 0.479 e. The number of rotatable bonds is 3. The predicted octanol–water partition coefficient (Wildman–Crippen LogP) is 1.78. The number of hydrogen-bond acceptors (Lipinski definition) is 2. The Hall–Kier alpha value is -1.35. The van der Waals surface area contributed by atoms with Gasteiger partial charge in [-0.15, -0.1) is 0 Å². The first-order valence-corrected chi connectivity index (χ1v) is 5.46. The Labute approximate surface area is 94.7 Å². The first-order valence-electron chi connectivity index (χ1n) is 5.46. The minimum atomic E-state index is -1.28. The molecule has 0 heterocycles. The van der Waals surface area contributed by atoms with Crippen molar-refractivity contribution in [2.24, 2.45) is 0 Å². The van der Waals surface area contributed by atoms with Crippen LogP contribution < -0.4 is 0 Å². The molecule has 0 bridgehead atoms. The molecule has 1 fully saturated rings. The second kappa shape index (κ2) is 3.59. The zero-order chi connectivity index (χ0) is 11.9. The lowest BCUT2D eigenvalue weighted by Gasteiger charge is -2.21. The molecule has 0 saturated heterocycles. The van der Waals surface area contributed by atoms with E-state index in [1.807, 2.05) is 32.0 Å². The number of carboxylic acid groups (broad SMARTS) is 1. The van der Waals surface area contributed by atoms with Gasteiger partial charge < -0.3 is 10.2 Å². The van der Waals surface area contributed by atoms with Crippen LogP contribution in [-0.4, -0.2) is 22.3 Å². The van der Waals surface area contributed by atoms with Gasteiger partial charge in [0.05, 0.1) is 0 Å².